The van der Waals surface area contributed by atoms with Crippen molar-refractivity contribution in [3.8, 4) is 0 Å². The Hall–Kier alpha value is -2.54. The summed E-state index contributed by atoms with van der Waals surface area (Å²) in [4.78, 5) is 12.7. The van der Waals surface area contributed by atoms with Crippen LogP contribution in [0.3, 0.4) is 0 Å². The molecular formula is C20H25N3O3S. The average molecular weight is 388 g/mol. The summed E-state index contributed by atoms with van der Waals surface area (Å²) in [6.45, 7) is 7.80. The van der Waals surface area contributed by atoms with Crippen LogP contribution in [0.25, 0.3) is 0 Å². The molecule has 6 nitrogen and oxygen atoms in total. The summed E-state index contributed by atoms with van der Waals surface area (Å²) < 4.78 is 27.7. The fraction of sp³-hybridized carbons (Fsp3) is 0.350. The summed E-state index contributed by atoms with van der Waals surface area (Å²) in [5.74, 6) is -0.217. The van der Waals surface area contributed by atoms with Crippen molar-refractivity contribution in [3.63, 3.8) is 0 Å². The molecule has 0 bridgehead atoms. The van der Waals surface area contributed by atoms with Crippen LogP contribution in [0.15, 0.2) is 30.3 Å². The highest BCUT2D eigenvalue weighted by atomic mass is 32.2. The topological polar surface area (TPSA) is 87.3 Å². The van der Waals surface area contributed by atoms with Gasteiger partial charge in [0.25, 0.3) is 5.91 Å². The van der Waals surface area contributed by atoms with Gasteiger partial charge in [0, 0.05) is 17.8 Å². The molecule has 0 radical (unpaired) electrons. The van der Waals surface area contributed by atoms with E-state index in [1.165, 1.54) is 0 Å². The van der Waals surface area contributed by atoms with Crippen LogP contribution in [0.1, 0.15) is 40.9 Å². The van der Waals surface area contributed by atoms with Crippen molar-refractivity contribution in [1.29, 1.82) is 0 Å². The molecule has 0 aromatic heterocycles. The minimum Gasteiger partial charge on any atom is -0.383 e. The summed E-state index contributed by atoms with van der Waals surface area (Å²) in [6, 6.07) is 8.97. The van der Waals surface area contributed by atoms with E-state index < -0.39 is 15.3 Å². The van der Waals surface area contributed by atoms with Gasteiger partial charge in [-0.1, -0.05) is 18.2 Å². The highest BCUT2D eigenvalue weighted by molar-refractivity contribution is 7.93. The van der Waals surface area contributed by atoms with Gasteiger partial charge in [-0.05, 0) is 62.9 Å². The summed E-state index contributed by atoms with van der Waals surface area (Å²) >= 11 is 0. The molecule has 0 unspecified atom stereocenters. The van der Waals surface area contributed by atoms with Crippen molar-refractivity contribution in [2.24, 2.45) is 0 Å². The Balaban J connectivity index is 2.07. The molecule has 144 valence electrons. The molecule has 0 saturated carbocycles. The van der Waals surface area contributed by atoms with Gasteiger partial charge < -0.3 is 10.6 Å². The first-order valence-electron chi connectivity index (χ1n) is 9.00. The van der Waals surface area contributed by atoms with Crippen LogP contribution < -0.4 is 15.4 Å². The normalized spacial score (nSPS) is 13.2. The maximum Gasteiger partial charge on any atom is 0.255 e. The van der Waals surface area contributed by atoms with E-state index in [0.717, 1.165) is 29.8 Å². The molecule has 1 heterocycles. The molecule has 2 aromatic carbocycles. The van der Waals surface area contributed by atoms with Gasteiger partial charge in [-0.2, -0.15) is 0 Å². The lowest BCUT2D eigenvalue weighted by atomic mass is 9.98. The Morgan fingerprint density at radius 3 is 2.37 bits per heavy atom. The molecule has 0 spiro atoms. The number of anilines is 3. The maximum absolute atomic E-state index is 12.7. The molecule has 3 rings (SSSR count). The summed E-state index contributed by atoms with van der Waals surface area (Å²) in [6.07, 6.45) is 0.784. The monoisotopic (exact) mass is 387 g/mol. The third kappa shape index (κ3) is 3.64. The van der Waals surface area contributed by atoms with E-state index in [-0.39, 0.29) is 5.91 Å². The molecule has 1 aliphatic rings. The number of nitrogens with one attached hydrogen (secondary N) is 3. The maximum atomic E-state index is 12.7. The minimum absolute atomic E-state index is 0.217. The van der Waals surface area contributed by atoms with Gasteiger partial charge in [-0.15, -0.1) is 0 Å². The van der Waals surface area contributed by atoms with Crippen LogP contribution in [0.4, 0.5) is 17.1 Å². The number of benzene rings is 2. The Labute approximate surface area is 160 Å². The quantitative estimate of drug-likeness (QED) is 0.730. The number of carbonyl (C=O) groups excluding carboxylic acids is 1. The molecule has 2 aromatic rings. The zero-order chi connectivity index (χ0) is 19.8. The second-order valence-corrected chi connectivity index (χ2v) is 9.28. The highest BCUT2D eigenvalue weighted by Crippen LogP contribution is 2.42. The van der Waals surface area contributed by atoms with Crippen molar-refractivity contribution < 1.29 is 13.2 Å². The molecule has 7 heteroatoms. The van der Waals surface area contributed by atoms with Crippen LogP contribution in [-0.4, -0.2) is 26.1 Å². The van der Waals surface area contributed by atoms with Crippen molar-refractivity contribution in [3.05, 3.63) is 52.6 Å². The fourth-order valence-electron chi connectivity index (χ4n) is 3.25. The van der Waals surface area contributed by atoms with E-state index in [1.807, 2.05) is 32.0 Å². The van der Waals surface area contributed by atoms with Gasteiger partial charge in [0.15, 0.2) is 0 Å². The molecule has 0 fully saturated rings. The predicted molar refractivity (Wildman–Crippen MR) is 110 cm³/mol. The van der Waals surface area contributed by atoms with Crippen molar-refractivity contribution >= 4 is 33.0 Å². The van der Waals surface area contributed by atoms with Crippen LogP contribution in [-0.2, 0) is 16.4 Å². The van der Waals surface area contributed by atoms with Gasteiger partial charge >= 0.3 is 0 Å². The van der Waals surface area contributed by atoms with E-state index in [2.05, 4.69) is 15.4 Å². The van der Waals surface area contributed by atoms with E-state index in [9.17, 15) is 13.2 Å². The van der Waals surface area contributed by atoms with Gasteiger partial charge in [0.2, 0.25) is 10.0 Å². The number of amides is 1. The van der Waals surface area contributed by atoms with Gasteiger partial charge in [0.05, 0.1) is 16.6 Å². The largest absolute Gasteiger partial charge is 0.383 e. The third-order valence-corrected chi connectivity index (χ3v) is 6.68. The second kappa shape index (κ2) is 7.23. The van der Waals surface area contributed by atoms with Crippen LogP contribution in [0.2, 0.25) is 0 Å². The van der Waals surface area contributed by atoms with E-state index >= 15 is 0 Å². The van der Waals surface area contributed by atoms with E-state index in [4.69, 9.17) is 0 Å². The number of sulfonamides is 1. The van der Waals surface area contributed by atoms with Crippen molar-refractivity contribution in [1.82, 2.24) is 0 Å². The standard InChI is InChI=1S/C20H25N3O3S/c1-12(2)27(25,26)23-18-14(4)17(13(3)16-10-11-21-19(16)18)22-20(24)15-8-6-5-7-9-15/h5-9,12,21,23H,10-11H2,1-4H3,(H,22,24). The van der Waals surface area contributed by atoms with Gasteiger partial charge in [-0.3, -0.25) is 9.52 Å². The first-order chi connectivity index (χ1) is 12.7. The van der Waals surface area contributed by atoms with Gasteiger partial charge in [-0.25, -0.2) is 8.42 Å². The smallest absolute Gasteiger partial charge is 0.255 e. The molecule has 27 heavy (non-hydrogen) atoms. The zero-order valence-electron chi connectivity index (χ0n) is 16.0. The Bertz CT molecular complexity index is 984. The lowest BCUT2D eigenvalue weighted by Crippen LogP contribution is -2.24. The molecule has 3 N–H and O–H groups in total. The van der Waals surface area contributed by atoms with Crippen molar-refractivity contribution in [2.75, 3.05) is 21.9 Å². The molecule has 1 amide bonds. The third-order valence-electron chi connectivity index (χ3n) is 4.95. The lowest BCUT2D eigenvalue weighted by Gasteiger charge is -2.22. The minimum atomic E-state index is -3.51. The predicted octanol–water partition coefficient (Wildman–Crippen LogP) is 3.67. The Morgan fingerprint density at radius 1 is 1.07 bits per heavy atom. The number of fused-ring (bicyclic) bond motifs is 1. The summed E-state index contributed by atoms with van der Waals surface area (Å²) in [5, 5.41) is 5.71. The van der Waals surface area contributed by atoms with Crippen LogP contribution in [0.5, 0.6) is 0 Å². The van der Waals surface area contributed by atoms with E-state index in [0.29, 0.717) is 22.5 Å². The SMILES string of the molecule is Cc1c2c(c(NS(=O)(=O)C(C)C)c(C)c1NC(=O)c1ccccc1)NCC2. The lowest BCUT2D eigenvalue weighted by molar-refractivity contribution is 0.102. The molecule has 0 atom stereocenters. The van der Waals surface area contributed by atoms with Crippen molar-refractivity contribution in [2.45, 2.75) is 39.4 Å². The molecule has 0 saturated heterocycles. The van der Waals surface area contributed by atoms with Crippen LogP contribution in [0, 0.1) is 13.8 Å². The number of carbonyl (C=O) groups is 1. The first kappa shape index (κ1) is 19.2. The number of hydrogen-bond donors (Lipinski definition) is 3. The number of hydrogen-bond acceptors (Lipinski definition) is 4. The highest BCUT2D eigenvalue weighted by Gasteiger charge is 2.27. The summed E-state index contributed by atoms with van der Waals surface area (Å²) in [5.41, 5.74) is 5.24. The average Bonchev–Trinajstić information content (AvgIpc) is 3.12. The zero-order valence-corrected chi connectivity index (χ0v) is 16.8. The molecule has 0 aliphatic carbocycles. The summed E-state index contributed by atoms with van der Waals surface area (Å²) in [7, 11) is -3.51. The van der Waals surface area contributed by atoms with Gasteiger partial charge in [0.1, 0.15) is 0 Å². The molecular weight excluding hydrogens is 362 g/mol. The van der Waals surface area contributed by atoms with E-state index in [1.54, 1.807) is 26.0 Å². The van der Waals surface area contributed by atoms with Crippen LogP contribution >= 0.6 is 0 Å². The number of rotatable bonds is 5. The second-order valence-electron chi connectivity index (χ2n) is 7.05. The Morgan fingerprint density at radius 2 is 1.74 bits per heavy atom. The fourth-order valence-corrected chi connectivity index (χ4v) is 4.03. The Kier molecular flexibility index (Phi) is 5.15. The molecule has 1 aliphatic heterocycles. The first-order valence-corrected chi connectivity index (χ1v) is 10.5.